The van der Waals surface area contributed by atoms with Crippen LogP contribution < -0.4 is 25.0 Å². The number of nitrogens with zero attached hydrogens (tertiary/aromatic N) is 4. The number of anilines is 1. The maximum Gasteiger partial charge on any atom is 0.573 e. The van der Waals surface area contributed by atoms with Crippen molar-refractivity contribution in [3.8, 4) is 28.6 Å². The maximum absolute atomic E-state index is 13.3. The van der Waals surface area contributed by atoms with E-state index in [0.717, 1.165) is 41.3 Å². The van der Waals surface area contributed by atoms with Crippen molar-refractivity contribution in [1.29, 1.82) is 0 Å². The number of carbonyl (C=O) groups excluding carboxylic acids is 1. The number of thioether (sulfide) groups is 1. The standard InChI is InChI=1S/C33H37F3N6O3S/c1-5-28(38-31(43)39-32-41(17-6-18-46-32)29-19-26(44-4)15-16-27(29)21(2)3)22-7-9-23(10-8-22)30-37-20-42(40-30)24-11-13-25(14-12-24)45-33(34,35)36/h7-16,19-21,28,32H,5-6,17-18H2,1-4H3,(H2,38,39,43). The molecule has 4 aromatic rings. The summed E-state index contributed by atoms with van der Waals surface area (Å²) in [5.74, 6) is 2.18. The summed E-state index contributed by atoms with van der Waals surface area (Å²) in [5, 5.41) is 10.8. The Hall–Kier alpha value is -4.39. The number of halogens is 3. The third-order valence-corrected chi connectivity index (χ3v) is 8.85. The fraction of sp³-hybridized carbons (Fsp3) is 0.364. The van der Waals surface area contributed by atoms with Crippen LogP contribution in [0.4, 0.5) is 23.7 Å². The average molecular weight is 655 g/mol. The molecule has 2 N–H and O–H groups in total. The van der Waals surface area contributed by atoms with Gasteiger partial charge < -0.3 is 25.0 Å². The van der Waals surface area contributed by atoms with Gasteiger partial charge in [-0.3, -0.25) is 0 Å². The number of benzene rings is 3. The highest BCUT2D eigenvalue weighted by atomic mass is 32.2. The Morgan fingerprint density at radius 3 is 2.43 bits per heavy atom. The van der Waals surface area contributed by atoms with Crippen LogP contribution in [0.15, 0.2) is 73.1 Å². The molecular weight excluding hydrogens is 617 g/mol. The first-order chi connectivity index (χ1) is 22.0. The van der Waals surface area contributed by atoms with Crippen molar-refractivity contribution >= 4 is 23.5 Å². The first-order valence-electron chi connectivity index (χ1n) is 15.1. The summed E-state index contributed by atoms with van der Waals surface area (Å²) in [6, 6.07) is 18.7. The van der Waals surface area contributed by atoms with E-state index < -0.39 is 6.36 Å². The van der Waals surface area contributed by atoms with Crippen LogP contribution in [0, 0.1) is 0 Å². The molecule has 0 radical (unpaired) electrons. The second kappa shape index (κ2) is 14.4. The topological polar surface area (TPSA) is 93.5 Å². The molecule has 2 heterocycles. The molecule has 46 heavy (non-hydrogen) atoms. The Labute approximate surface area is 270 Å². The highest BCUT2D eigenvalue weighted by Crippen LogP contribution is 2.36. The molecule has 1 aliphatic heterocycles. The quantitative estimate of drug-likeness (QED) is 0.182. The molecule has 1 fully saturated rings. The highest BCUT2D eigenvalue weighted by Gasteiger charge is 2.31. The lowest BCUT2D eigenvalue weighted by atomic mass is 10.00. The van der Waals surface area contributed by atoms with Crippen LogP contribution in [0.5, 0.6) is 11.5 Å². The molecule has 2 atom stereocenters. The van der Waals surface area contributed by atoms with Gasteiger partial charge in [0.1, 0.15) is 17.8 Å². The number of ether oxygens (including phenoxy) is 2. The lowest BCUT2D eigenvalue weighted by Gasteiger charge is -2.39. The van der Waals surface area contributed by atoms with E-state index in [4.69, 9.17) is 4.74 Å². The molecule has 244 valence electrons. The van der Waals surface area contributed by atoms with Crippen molar-refractivity contribution < 1.29 is 27.4 Å². The number of urea groups is 1. The minimum atomic E-state index is -4.75. The van der Waals surface area contributed by atoms with Crippen LogP contribution in [-0.4, -0.2) is 52.1 Å². The van der Waals surface area contributed by atoms with Gasteiger partial charge >= 0.3 is 12.4 Å². The molecule has 1 aromatic heterocycles. The van der Waals surface area contributed by atoms with Crippen molar-refractivity contribution in [2.45, 2.75) is 57.4 Å². The summed E-state index contributed by atoms with van der Waals surface area (Å²) in [6.45, 7) is 7.16. The van der Waals surface area contributed by atoms with Gasteiger partial charge in [0.2, 0.25) is 0 Å². The first-order valence-corrected chi connectivity index (χ1v) is 16.1. The number of aromatic nitrogens is 3. The van der Waals surface area contributed by atoms with E-state index in [9.17, 15) is 18.0 Å². The summed E-state index contributed by atoms with van der Waals surface area (Å²) in [5.41, 5.74) is 4.27. The number of hydrogen-bond donors (Lipinski definition) is 2. The van der Waals surface area contributed by atoms with Crippen molar-refractivity contribution in [1.82, 2.24) is 25.4 Å². The third kappa shape index (κ3) is 8.06. The lowest BCUT2D eigenvalue weighted by Crippen LogP contribution is -2.52. The number of rotatable bonds is 10. The Bertz CT molecular complexity index is 1610. The Balaban J connectivity index is 1.24. The van der Waals surface area contributed by atoms with E-state index in [1.165, 1.54) is 40.8 Å². The molecule has 0 saturated carbocycles. The van der Waals surface area contributed by atoms with Crippen LogP contribution in [0.1, 0.15) is 56.7 Å². The van der Waals surface area contributed by atoms with Crippen molar-refractivity contribution in [3.05, 3.63) is 84.2 Å². The van der Waals surface area contributed by atoms with E-state index in [-0.39, 0.29) is 23.3 Å². The van der Waals surface area contributed by atoms with Gasteiger partial charge in [0, 0.05) is 23.9 Å². The zero-order valence-electron chi connectivity index (χ0n) is 26.0. The maximum atomic E-state index is 13.3. The fourth-order valence-electron chi connectivity index (χ4n) is 5.31. The largest absolute Gasteiger partial charge is 0.573 e. The van der Waals surface area contributed by atoms with Crippen molar-refractivity contribution in [2.24, 2.45) is 0 Å². The Morgan fingerprint density at radius 1 is 1.07 bits per heavy atom. The normalized spacial score (nSPS) is 15.8. The van der Waals surface area contributed by atoms with Crippen LogP contribution in [0.3, 0.4) is 0 Å². The van der Waals surface area contributed by atoms with Crippen LogP contribution >= 0.6 is 11.8 Å². The van der Waals surface area contributed by atoms with Gasteiger partial charge in [0.15, 0.2) is 11.3 Å². The SMILES string of the molecule is CCC(NC(=O)NC1SCCCN1c1cc(OC)ccc1C(C)C)c1ccc(-c2ncn(-c3ccc(OC(F)(F)F)cc3)n2)cc1. The molecule has 1 aliphatic rings. The highest BCUT2D eigenvalue weighted by molar-refractivity contribution is 8.00. The summed E-state index contributed by atoms with van der Waals surface area (Å²) < 4.78 is 48.3. The van der Waals surface area contributed by atoms with Gasteiger partial charge in [-0.2, -0.15) is 0 Å². The molecule has 1 saturated heterocycles. The second-order valence-electron chi connectivity index (χ2n) is 11.1. The Morgan fingerprint density at radius 2 is 1.78 bits per heavy atom. The minimum Gasteiger partial charge on any atom is -0.497 e. The van der Waals surface area contributed by atoms with Gasteiger partial charge in [-0.15, -0.1) is 30.0 Å². The van der Waals surface area contributed by atoms with Crippen molar-refractivity contribution in [2.75, 3.05) is 24.3 Å². The summed E-state index contributed by atoms with van der Waals surface area (Å²) in [6.07, 6.45) is -1.57. The van der Waals surface area contributed by atoms with Gasteiger partial charge in [-0.1, -0.05) is 51.1 Å². The first kappa shape index (κ1) is 33.0. The molecule has 2 unspecified atom stereocenters. The molecule has 0 bridgehead atoms. The molecule has 3 aromatic carbocycles. The number of hydrogen-bond acceptors (Lipinski definition) is 7. The number of methoxy groups -OCH3 is 1. The molecule has 9 nitrogen and oxygen atoms in total. The fourth-order valence-corrected chi connectivity index (χ4v) is 6.42. The summed E-state index contributed by atoms with van der Waals surface area (Å²) >= 11 is 1.71. The minimum absolute atomic E-state index is 0.220. The van der Waals surface area contributed by atoms with Gasteiger partial charge in [0.25, 0.3) is 0 Å². The van der Waals surface area contributed by atoms with E-state index in [1.807, 2.05) is 43.3 Å². The number of alkyl halides is 3. The van der Waals surface area contributed by atoms with E-state index in [1.54, 1.807) is 18.9 Å². The predicted molar refractivity (Wildman–Crippen MR) is 173 cm³/mol. The third-order valence-electron chi connectivity index (χ3n) is 7.64. The van der Waals surface area contributed by atoms with Crippen LogP contribution in [-0.2, 0) is 0 Å². The molecule has 0 spiro atoms. The monoisotopic (exact) mass is 654 g/mol. The number of carbonyl (C=O) groups is 1. The number of nitrogens with one attached hydrogen (secondary N) is 2. The molecule has 13 heteroatoms. The smallest absolute Gasteiger partial charge is 0.497 e. The second-order valence-corrected chi connectivity index (χ2v) is 12.3. The van der Waals surface area contributed by atoms with E-state index >= 15 is 0 Å². The Kier molecular flexibility index (Phi) is 10.3. The zero-order chi connectivity index (χ0) is 32.8. The average Bonchev–Trinajstić information content (AvgIpc) is 3.54. The molecule has 0 aliphatic carbocycles. The number of amides is 2. The summed E-state index contributed by atoms with van der Waals surface area (Å²) in [4.78, 5) is 19.9. The van der Waals surface area contributed by atoms with E-state index in [2.05, 4.69) is 50.3 Å². The van der Waals surface area contributed by atoms with Gasteiger partial charge in [0.05, 0.1) is 18.8 Å². The molecule has 5 rings (SSSR count). The summed E-state index contributed by atoms with van der Waals surface area (Å²) in [7, 11) is 1.66. The molecular formula is C33H37F3N6O3S. The van der Waals surface area contributed by atoms with Crippen LogP contribution in [0.2, 0.25) is 0 Å². The van der Waals surface area contributed by atoms with E-state index in [0.29, 0.717) is 23.9 Å². The van der Waals surface area contributed by atoms with Crippen LogP contribution in [0.25, 0.3) is 17.1 Å². The predicted octanol–water partition coefficient (Wildman–Crippen LogP) is 7.64. The van der Waals surface area contributed by atoms with Crippen molar-refractivity contribution in [3.63, 3.8) is 0 Å². The van der Waals surface area contributed by atoms with Gasteiger partial charge in [-0.05, 0) is 66.0 Å². The lowest BCUT2D eigenvalue weighted by molar-refractivity contribution is -0.274. The molecule has 2 amide bonds. The zero-order valence-corrected chi connectivity index (χ0v) is 26.9. The van der Waals surface area contributed by atoms with Gasteiger partial charge in [-0.25, -0.2) is 14.5 Å².